The number of hydrogen-bond acceptors (Lipinski definition) is 3. The third kappa shape index (κ3) is 4.70. The average Bonchev–Trinajstić information content (AvgIpc) is 3.43. The van der Waals surface area contributed by atoms with E-state index in [1.54, 1.807) is 0 Å². The van der Waals surface area contributed by atoms with E-state index in [2.05, 4.69) is 22.3 Å². The summed E-state index contributed by atoms with van der Waals surface area (Å²) in [5, 5.41) is 3.40. The number of rotatable bonds is 6. The number of hydrogen-bond donors (Lipinski definition) is 1. The molecule has 27 heavy (non-hydrogen) atoms. The molecule has 0 radical (unpaired) electrons. The lowest BCUT2D eigenvalue weighted by atomic mass is 9.94. The second kappa shape index (κ2) is 8.42. The average molecular weight is 370 g/mol. The number of amides is 2. The summed E-state index contributed by atoms with van der Waals surface area (Å²) in [6.07, 6.45) is 6.76. The van der Waals surface area contributed by atoms with Gasteiger partial charge in [0.25, 0.3) is 0 Å². The van der Waals surface area contributed by atoms with E-state index >= 15 is 0 Å². The van der Waals surface area contributed by atoms with Gasteiger partial charge in [0.05, 0.1) is 0 Å². The van der Waals surface area contributed by atoms with Gasteiger partial charge in [0, 0.05) is 44.1 Å². The number of nitrogens with zero attached hydrogens (tertiary/aromatic N) is 2. The molecule has 3 aliphatic rings. The molecule has 1 saturated carbocycles. The Hall–Kier alpha value is -1.88. The second-order valence-corrected chi connectivity index (χ2v) is 8.34. The van der Waals surface area contributed by atoms with E-state index in [1.807, 2.05) is 23.1 Å². The van der Waals surface area contributed by atoms with Gasteiger partial charge in [-0.25, -0.2) is 0 Å². The molecule has 1 unspecified atom stereocenters. The van der Waals surface area contributed by atoms with Crippen LogP contribution in [0, 0.1) is 5.92 Å². The van der Waals surface area contributed by atoms with E-state index in [0.717, 1.165) is 58.3 Å². The van der Waals surface area contributed by atoms with Crippen LogP contribution in [-0.2, 0) is 16.1 Å². The highest BCUT2D eigenvalue weighted by molar-refractivity contribution is 5.81. The van der Waals surface area contributed by atoms with Gasteiger partial charge in [-0.3, -0.25) is 9.59 Å². The lowest BCUT2D eigenvalue weighted by molar-refractivity contribution is -0.141. The maximum atomic E-state index is 13.2. The van der Waals surface area contributed by atoms with Crippen molar-refractivity contribution in [3.05, 3.63) is 35.9 Å². The molecule has 2 amide bonds. The van der Waals surface area contributed by atoms with Crippen LogP contribution in [0.2, 0.25) is 0 Å². The summed E-state index contributed by atoms with van der Waals surface area (Å²) in [5.41, 5.74) is 1.20. The highest BCUT2D eigenvalue weighted by Gasteiger charge is 2.37. The molecule has 2 heterocycles. The van der Waals surface area contributed by atoms with E-state index in [1.165, 1.54) is 12.0 Å². The van der Waals surface area contributed by atoms with Crippen molar-refractivity contribution in [3.8, 4) is 0 Å². The summed E-state index contributed by atoms with van der Waals surface area (Å²) in [6, 6.07) is 11.1. The van der Waals surface area contributed by atoms with Crippen molar-refractivity contribution in [2.24, 2.45) is 5.92 Å². The molecule has 146 valence electrons. The molecule has 1 aliphatic carbocycles. The fourth-order valence-corrected chi connectivity index (χ4v) is 4.43. The van der Waals surface area contributed by atoms with Gasteiger partial charge in [-0.2, -0.15) is 0 Å². The molecule has 1 aromatic carbocycles. The van der Waals surface area contributed by atoms with E-state index in [0.29, 0.717) is 24.4 Å². The van der Waals surface area contributed by atoms with Crippen molar-refractivity contribution >= 4 is 11.8 Å². The molecule has 0 aromatic heterocycles. The van der Waals surface area contributed by atoms with Crippen LogP contribution in [0.1, 0.15) is 50.5 Å². The first-order valence-electron chi connectivity index (χ1n) is 10.6. The summed E-state index contributed by atoms with van der Waals surface area (Å²) in [5.74, 6) is 0.623. The zero-order valence-corrected chi connectivity index (χ0v) is 16.1. The summed E-state index contributed by atoms with van der Waals surface area (Å²) >= 11 is 0. The van der Waals surface area contributed by atoms with Crippen LogP contribution >= 0.6 is 0 Å². The molecular weight excluding hydrogens is 338 g/mol. The molecule has 1 aromatic rings. The van der Waals surface area contributed by atoms with Crippen molar-refractivity contribution in [3.63, 3.8) is 0 Å². The molecule has 3 fully saturated rings. The number of piperidine rings is 1. The molecule has 0 spiro atoms. The lowest BCUT2D eigenvalue weighted by Crippen LogP contribution is -2.45. The topological polar surface area (TPSA) is 52.7 Å². The minimum atomic E-state index is 0.0722. The third-order valence-corrected chi connectivity index (χ3v) is 6.25. The monoisotopic (exact) mass is 369 g/mol. The van der Waals surface area contributed by atoms with Crippen molar-refractivity contribution in [2.45, 2.75) is 63.6 Å². The molecule has 2 saturated heterocycles. The van der Waals surface area contributed by atoms with Crippen molar-refractivity contribution in [1.82, 2.24) is 15.1 Å². The Morgan fingerprint density at radius 2 is 1.78 bits per heavy atom. The maximum Gasteiger partial charge on any atom is 0.226 e. The minimum Gasteiger partial charge on any atom is -0.343 e. The van der Waals surface area contributed by atoms with Gasteiger partial charge in [0.1, 0.15) is 0 Å². The fraction of sp³-hybridized carbons (Fsp3) is 0.636. The minimum absolute atomic E-state index is 0.0722. The predicted octanol–water partition coefficient (Wildman–Crippen LogP) is 2.56. The first kappa shape index (κ1) is 18.5. The standard InChI is InChI=1S/C22H31N3O2/c26-21(15-19-7-4-12-23-19)24-13-10-18(11-14-24)22(27)25(20-8-9-20)16-17-5-2-1-3-6-17/h1-3,5-6,18-20,23H,4,7-16H2. The second-order valence-electron chi connectivity index (χ2n) is 8.34. The van der Waals surface area contributed by atoms with Gasteiger partial charge in [0.2, 0.25) is 11.8 Å². The number of likely N-dealkylation sites (tertiary alicyclic amines) is 1. The zero-order chi connectivity index (χ0) is 18.6. The lowest BCUT2D eigenvalue weighted by Gasteiger charge is -2.35. The van der Waals surface area contributed by atoms with Crippen LogP contribution in [0.3, 0.4) is 0 Å². The maximum absolute atomic E-state index is 13.2. The molecule has 1 atom stereocenters. The molecule has 0 bridgehead atoms. The zero-order valence-electron chi connectivity index (χ0n) is 16.1. The van der Waals surface area contributed by atoms with Crippen LogP contribution < -0.4 is 5.32 Å². The van der Waals surface area contributed by atoms with Crippen LogP contribution in [0.5, 0.6) is 0 Å². The smallest absolute Gasteiger partial charge is 0.226 e. The van der Waals surface area contributed by atoms with Crippen LogP contribution in [0.4, 0.5) is 0 Å². The quantitative estimate of drug-likeness (QED) is 0.838. The normalized spacial score (nSPS) is 23.4. The third-order valence-electron chi connectivity index (χ3n) is 6.25. The SMILES string of the molecule is O=C(CC1CCCN1)N1CCC(C(=O)N(Cc2ccccc2)C2CC2)CC1. The van der Waals surface area contributed by atoms with Gasteiger partial charge in [-0.1, -0.05) is 30.3 Å². The Balaban J connectivity index is 1.29. The fourth-order valence-electron chi connectivity index (χ4n) is 4.43. The summed E-state index contributed by atoms with van der Waals surface area (Å²) < 4.78 is 0. The van der Waals surface area contributed by atoms with E-state index in [4.69, 9.17) is 0 Å². The predicted molar refractivity (Wildman–Crippen MR) is 105 cm³/mol. The summed E-state index contributed by atoms with van der Waals surface area (Å²) in [6.45, 7) is 3.21. The molecule has 1 N–H and O–H groups in total. The van der Waals surface area contributed by atoms with Gasteiger partial charge >= 0.3 is 0 Å². The largest absolute Gasteiger partial charge is 0.343 e. The number of nitrogens with one attached hydrogen (secondary N) is 1. The van der Waals surface area contributed by atoms with Gasteiger partial charge in [-0.05, 0) is 50.6 Å². The molecule has 5 heteroatoms. The number of benzene rings is 1. The highest BCUT2D eigenvalue weighted by atomic mass is 16.2. The summed E-state index contributed by atoms with van der Waals surface area (Å²) in [7, 11) is 0. The van der Waals surface area contributed by atoms with Crippen LogP contribution in [-0.4, -0.2) is 53.3 Å². The Bertz CT molecular complexity index is 645. The van der Waals surface area contributed by atoms with Gasteiger partial charge in [-0.15, -0.1) is 0 Å². The Kier molecular flexibility index (Phi) is 5.77. The van der Waals surface area contributed by atoms with E-state index in [9.17, 15) is 9.59 Å². The molecule has 5 nitrogen and oxygen atoms in total. The van der Waals surface area contributed by atoms with E-state index < -0.39 is 0 Å². The van der Waals surface area contributed by atoms with Crippen molar-refractivity contribution in [1.29, 1.82) is 0 Å². The van der Waals surface area contributed by atoms with Gasteiger partial charge < -0.3 is 15.1 Å². The van der Waals surface area contributed by atoms with Crippen LogP contribution in [0.15, 0.2) is 30.3 Å². The molecule has 4 rings (SSSR count). The Labute approximate surface area is 162 Å². The molecular formula is C22H31N3O2. The first-order valence-corrected chi connectivity index (χ1v) is 10.6. The van der Waals surface area contributed by atoms with Crippen molar-refractivity contribution < 1.29 is 9.59 Å². The number of carbonyl (C=O) groups excluding carboxylic acids is 2. The van der Waals surface area contributed by atoms with Crippen LogP contribution in [0.25, 0.3) is 0 Å². The summed E-state index contributed by atoms with van der Waals surface area (Å²) in [4.78, 5) is 29.7. The highest BCUT2D eigenvalue weighted by Crippen LogP contribution is 2.32. The van der Waals surface area contributed by atoms with E-state index in [-0.39, 0.29) is 11.8 Å². The number of carbonyl (C=O) groups is 2. The Morgan fingerprint density at radius 3 is 2.41 bits per heavy atom. The first-order chi connectivity index (χ1) is 13.2. The Morgan fingerprint density at radius 1 is 1.04 bits per heavy atom. The van der Waals surface area contributed by atoms with Crippen molar-refractivity contribution in [2.75, 3.05) is 19.6 Å². The molecule has 2 aliphatic heterocycles. The van der Waals surface area contributed by atoms with Gasteiger partial charge in [0.15, 0.2) is 0 Å².